The molecule has 11 heteroatoms. The number of H-pyrrole nitrogens is 1. The fourth-order valence-electron chi connectivity index (χ4n) is 3.17. The zero-order chi connectivity index (χ0) is 21.4. The molecule has 150 valence electrons. The van der Waals surface area contributed by atoms with E-state index in [2.05, 4.69) is 25.3 Å². The Labute approximate surface area is 175 Å². The van der Waals surface area contributed by atoms with E-state index in [0.29, 0.717) is 27.6 Å². The van der Waals surface area contributed by atoms with E-state index in [1.54, 1.807) is 43.5 Å². The Morgan fingerprint density at radius 1 is 1.23 bits per heavy atom. The molecular weight excluding hydrogens is 406 g/mol. The van der Waals surface area contributed by atoms with Crippen molar-refractivity contribution in [2.75, 3.05) is 16.8 Å². The molecule has 4 aromatic rings. The van der Waals surface area contributed by atoms with Gasteiger partial charge in [-0.15, -0.1) is 0 Å². The molecule has 0 saturated carbocycles. The Hall–Kier alpha value is -4.10. The summed E-state index contributed by atoms with van der Waals surface area (Å²) in [6.45, 7) is 1.77. The molecule has 0 saturated heterocycles. The number of benzene rings is 1. The van der Waals surface area contributed by atoms with Gasteiger partial charge < -0.3 is 21.8 Å². The van der Waals surface area contributed by atoms with Crippen LogP contribution in [0.25, 0.3) is 16.7 Å². The average Bonchev–Trinajstić information content (AvgIpc) is 3.21. The Kier molecular flexibility index (Phi) is 4.73. The van der Waals surface area contributed by atoms with Gasteiger partial charge in [0.25, 0.3) is 5.56 Å². The van der Waals surface area contributed by atoms with Gasteiger partial charge in [0.05, 0.1) is 22.0 Å². The summed E-state index contributed by atoms with van der Waals surface area (Å²) in [6, 6.07) is 9.96. The molecule has 4 rings (SSSR count). The maximum absolute atomic E-state index is 13.3. The van der Waals surface area contributed by atoms with Gasteiger partial charge in [-0.25, -0.2) is 9.55 Å². The number of aromatic amines is 1. The lowest BCUT2D eigenvalue weighted by atomic mass is 10.2. The van der Waals surface area contributed by atoms with Gasteiger partial charge in [-0.05, 0) is 31.2 Å². The van der Waals surface area contributed by atoms with Gasteiger partial charge in [0.1, 0.15) is 29.1 Å². The second kappa shape index (κ2) is 7.38. The van der Waals surface area contributed by atoms with Crippen LogP contribution in [-0.2, 0) is 0 Å². The minimum Gasteiger partial charge on any atom is -0.382 e. The molecule has 0 aliphatic carbocycles. The standard InChI is InChI=1S/C19H16ClN9O/c1-9(25-16-10(8-21)15(22)27-19(23)28-16)17-26-12-5-2-4-11(20)14(12)18(30)29(17)13-6-3-7-24-13/h2-7,9,24H,1H3,(H5,22,23,25,27,28)/t9-/m0/s1. The smallest absolute Gasteiger partial charge is 0.268 e. The van der Waals surface area contributed by atoms with E-state index < -0.39 is 6.04 Å². The summed E-state index contributed by atoms with van der Waals surface area (Å²) in [5, 5.41) is 13.1. The molecule has 1 aromatic carbocycles. The zero-order valence-electron chi connectivity index (χ0n) is 15.7. The number of nitrogens with two attached hydrogens (primary N) is 2. The van der Waals surface area contributed by atoms with E-state index in [0.717, 1.165) is 0 Å². The molecule has 1 atom stereocenters. The fourth-order valence-corrected chi connectivity index (χ4v) is 3.42. The van der Waals surface area contributed by atoms with E-state index >= 15 is 0 Å². The van der Waals surface area contributed by atoms with Crippen molar-refractivity contribution in [3.63, 3.8) is 0 Å². The van der Waals surface area contributed by atoms with Crippen LogP contribution in [-0.4, -0.2) is 24.5 Å². The summed E-state index contributed by atoms with van der Waals surface area (Å²) in [5.41, 5.74) is 11.6. The van der Waals surface area contributed by atoms with Crippen LogP contribution in [0.1, 0.15) is 24.4 Å². The summed E-state index contributed by atoms with van der Waals surface area (Å²) in [7, 11) is 0. The molecule has 0 amide bonds. The van der Waals surface area contributed by atoms with E-state index in [-0.39, 0.29) is 28.7 Å². The normalized spacial score (nSPS) is 11.9. The largest absolute Gasteiger partial charge is 0.382 e. The van der Waals surface area contributed by atoms with Crippen LogP contribution in [0.15, 0.2) is 41.3 Å². The summed E-state index contributed by atoms with van der Waals surface area (Å²) < 4.78 is 1.42. The van der Waals surface area contributed by atoms with Crippen molar-refractivity contribution < 1.29 is 0 Å². The van der Waals surface area contributed by atoms with Gasteiger partial charge in [0.15, 0.2) is 5.82 Å². The number of hydrogen-bond acceptors (Lipinski definition) is 8. The van der Waals surface area contributed by atoms with Crippen LogP contribution in [0, 0.1) is 11.3 Å². The number of hydrogen-bond donors (Lipinski definition) is 4. The first-order valence-corrected chi connectivity index (χ1v) is 9.23. The highest BCUT2D eigenvalue weighted by molar-refractivity contribution is 6.35. The number of nitriles is 1. The van der Waals surface area contributed by atoms with E-state index in [1.807, 2.05) is 6.07 Å². The predicted octanol–water partition coefficient (Wildman–Crippen LogP) is 2.37. The molecule has 0 aliphatic rings. The second-order valence-corrected chi connectivity index (χ2v) is 6.88. The summed E-state index contributed by atoms with van der Waals surface area (Å²) in [6.07, 6.45) is 1.69. The maximum Gasteiger partial charge on any atom is 0.268 e. The monoisotopic (exact) mass is 421 g/mol. The highest BCUT2D eigenvalue weighted by Crippen LogP contribution is 2.26. The highest BCUT2D eigenvalue weighted by Gasteiger charge is 2.22. The van der Waals surface area contributed by atoms with Crippen LogP contribution in [0.5, 0.6) is 0 Å². The zero-order valence-corrected chi connectivity index (χ0v) is 16.5. The third kappa shape index (κ3) is 3.17. The topological polar surface area (TPSA) is 164 Å². The van der Waals surface area contributed by atoms with E-state index in [1.165, 1.54) is 4.57 Å². The fraction of sp³-hybridized carbons (Fsp3) is 0.105. The molecule has 0 spiro atoms. The number of nitrogen functional groups attached to an aromatic ring is 2. The number of rotatable bonds is 4. The van der Waals surface area contributed by atoms with Crippen molar-refractivity contribution in [3.05, 3.63) is 63.3 Å². The SMILES string of the molecule is C[C@H](Nc1nc(N)nc(N)c1C#N)c1nc2cccc(Cl)c2c(=O)n1-c1ccc[nH]1. The van der Waals surface area contributed by atoms with Gasteiger partial charge in [0.2, 0.25) is 5.95 Å². The number of aromatic nitrogens is 5. The van der Waals surface area contributed by atoms with Gasteiger partial charge in [-0.1, -0.05) is 17.7 Å². The molecule has 6 N–H and O–H groups in total. The second-order valence-electron chi connectivity index (χ2n) is 6.47. The Morgan fingerprint density at radius 2 is 2.03 bits per heavy atom. The number of fused-ring (bicyclic) bond motifs is 1. The summed E-state index contributed by atoms with van der Waals surface area (Å²) >= 11 is 6.27. The van der Waals surface area contributed by atoms with Crippen LogP contribution < -0.4 is 22.3 Å². The molecule has 0 bridgehead atoms. The van der Waals surface area contributed by atoms with E-state index in [4.69, 9.17) is 23.1 Å². The predicted molar refractivity (Wildman–Crippen MR) is 114 cm³/mol. The minimum atomic E-state index is -0.565. The van der Waals surface area contributed by atoms with Gasteiger partial charge in [-0.2, -0.15) is 15.2 Å². The van der Waals surface area contributed by atoms with Crippen molar-refractivity contribution in [3.8, 4) is 11.9 Å². The van der Waals surface area contributed by atoms with E-state index in [9.17, 15) is 10.1 Å². The number of halogens is 1. The molecular formula is C19H16ClN9O. The van der Waals surface area contributed by atoms with Crippen LogP contribution in [0.4, 0.5) is 17.6 Å². The lowest BCUT2D eigenvalue weighted by Gasteiger charge is -2.20. The van der Waals surface area contributed by atoms with Crippen molar-refractivity contribution >= 4 is 40.1 Å². The number of nitrogens with one attached hydrogen (secondary N) is 2. The first kappa shape index (κ1) is 19.2. The van der Waals surface area contributed by atoms with Crippen molar-refractivity contribution in [1.82, 2.24) is 24.5 Å². The summed E-state index contributed by atoms with van der Waals surface area (Å²) in [5.74, 6) is 0.909. The van der Waals surface area contributed by atoms with Crippen molar-refractivity contribution in [1.29, 1.82) is 5.26 Å². The molecule has 3 heterocycles. The summed E-state index contributed by atoms with van der Waals surface area (Å²) in [4.78, 5) is 28.9. The van der Waals surface area contributed by atoms with Gasteiger partial charge in [0, 0.05) is 6.20 Å². The first-order valence-electron chi connectivity index (χ1n) is 8.85. The quantitative estimate of drug-likeness (QED) is 0.389. The van der Waals surface area contributed by atoms with Crippen LogP contribution >= 0.6 is 11.6 Å². The lowest BCUT2D eigenvalue weighted by molar-refractivity contribution is 0.723. The first-order chi connectivity index (χ1) is 14.4. The van der Waals surface area contributed by atoms with Crippen molar-refractivity contribution in [2.45, 2.75) is 13.0 Å². The Morgan fingerprint density at radius 3 is 2.73 bits per heavy atom. The van der Waals surface area contributed by atoms with Crippen molar-refractivity contribution in [2.24, 2.45) is 0 Å². The molecule has 0 radical (unpaired) electrons. The third-order valence-electron chi connectivity index (χ3n) is 4.50. The molecule has 3 aromatic heterocycles. The maximum atomic E-state index is 13.3. The molecule has 0 unspecified atom stereocenters. The highest BCUT2D eigenvalue weighted by atomic mass is 35.5. The average molecular weight is 422 g/mol. The molecule has 10 nitrogen and oxygen atoms in total. The van der Waals surface area contributed by atoms with Crippen LogP contribution in [0.2, 0.25) is 5.02 Å². The molecule has 30 heavy (non-hydrogen) atoms. The van der Waals surface area contributed by atoms with Crippen LogP contribution in [0.3, 0.4) is 0 Å². The molecule has 0 fully saturated rings. The lowest BCUT2D eigenvalue weighted by Crippen LogP contribution is -2.28. The molecule has 0 aliphatic heterocycles. The van der Waals surface area contributed by atoms with Gasteiger partial charge >= 0.3 is 0 Å². The Balaban J connectivity index is 1.92. The van der Waals surface area contributed by atoms with Gasteiger partial charge in [-0.3, -0.25) is 4.79 Å². The number of nitrogens with zero attached hydrogens (tertiary/aromatic N) is 5. The third-order valence-corrected chi connectivity index (χ3v) is 4.82. The number of anilines is 3. The Bertz CT molecular complexity index is 1360. The minimum absolute atomic E-state index is 0.0419.